The van der Waals surface area contributed by atoms with Gasteiger partial charge in [0.25, 0.3) is 0 Å². The third-order valence-electron chi connectivity index (χ3n) is 8.33. The zero-order valence-electron chi connectivity index (χ0n) is 37.9. The molecule has 20 nitrogen and oxygen atoms in total. The number of carboxylic acid groups (broad SMARTS) is 6. The zero-order valence-corrected chi connectivity index (χ0v) is 37.9. The highest BCUT2D eigenvalue weighted by molar-refractivity contribution is 5.80. The smallest absolute Gasteiger partial charge is 0.323 e. The second-order valence-electron chi connectivity index (χ2n) is 13.9. The van der Waals surface area contributed by atoms with Crippen LogP contribution in [0.2, 0.25) is 0 Å². The largest absolute Gasteiger partial charge is 0.481 e. The summed E-state index contributed by atoms with van der Waals surface area (Å²) in [6.07, 6.45) is 2.90. The molecule has 0 saturated carbocycles. The van der Waals surface area contributed by atoms with Crippen LogP contribution in [0.1, 0.15) is 57.6 Å². The molecule has 360 valence electrons. The number of aryl methyl sites for hydroxylation is 1. The van der Waals surface area contributed by atoms with E-state index in [2.05, 4.69) is 40.4 Å². The molecule has 2 rings (SSSR count). The van der Waals surface area contributed by atoms with Crippen molar-refractivity contribution < 1.29 is 73.6 Å². The van der Waals surface area contributed by atoms with Crippen molar-refractivity contribution in [2.75, 3.05) is 68.3 Å². The van der Waals surface area contributed by atoms with Gasteiger partial charge in [0, 0.05) is 13.2 Å². The van der Waals surface area contributed by atoms with Crippen LogP contribution in [0, 0.1) is 5.92 Å². The van der Waals surface area contributed by atoms with Crippen LogP contribution in [0.4, 0.5) is 0 Å². The van der Waals surface area contributed by atoms with E-state index >= 15 is 0 Å². The van der Waals surface area contributed by atoms with Crippen LogP contribution < -0.4 is 26.6 Å². The molecular weight excluding hydrogens is 826 g/mol. The minimum Gasteiger partial charge on any atom is -0.481 e. The molecule has 0 aliphatic rings. The minimum atomic E-state index is -1.15. The number of carbonyl (C=O) groups is 6. The van der Waals surface area contributed by atoms with Gasteiger partial charge >= 0.3 is 35.8 Å². The molecule has 0 radical (unpaired) electrons. The standard InChI is InChI=1S/C11H15NO3.C11H15NO2.C9H19NO3.C7H15NO3.C5H9NO4/c1-12-10(11(13)14)8-15-7-9-5-3-2-4-6-9;1-12-10(11(13)14)8-7-9-5-3-2-4-6-9;1-7(2)4-5-13-6-8(10-3)9(11)12;1-3-4-11-5-6(8-2)7(9)10;1-6-3(5(9)10)2-4(7)8/h2-6,10,12H,7-8H2,1H3,(H,13,14);2-6,10,12H,7-8H2,1H3,(H,13,14);7-8,10H,4-6H2,1-3H3,(H,11,12);6,8H,3-5H2,1-2H3,(H,9,10);3,6H,2H2,1H3,(H,7,8)(H,9,10). The Balaban J connectivity index is -0.000000720. The summed E-state index contributed by atoms with van der Waals surface area (Å²) >= 11 is 0. The van der Waals surface area contributed by atoms with Gasteiger partial charge in [-0.15, -0.1) is 0 Å². The number of hydrogen-bond donors (Lipinski definition) is 11. The number of hydrogen-bond acceptors (Lipinski definition) is 14. The maximum absolute atomic E-state index is 10.7. The predicted octanol–water partition coefficient (Wildman–Crippen LogP) is 2.11. The molecule has 5 atom stereocenters. The first-order valence-corrected chi connectivity index (χ1v) is 20.4. The fraction of sp³-hybridized carbons (Fsp3) is 0.581. The molecule has 0 bridgehead atoms. The first-order chi connectivity index (χ1) is 29.8. The summed E-state index contributed by atoms with van der Waals surface area (Å²) in [6, 6.07) is 16.3. The van der Waals surface area contributed by atoms with Gasteiger partial charge in [0.05, 0.1) is 32.8 Å². The van der Waals surface area contributed by atoms with Crippen molar-refractivity contribution in [1.29, 1.82) is 0 Å². The lowest BCUT2D eigenvalue weighted by Gasteiger charge is -2.12. The maximum atomic E-state index is 10.7. The Bertz CT molecular complexity index is 1490. The van der Waals surface area contributed by atoms with E-state index in [1.807, 2.05) is 67.6 Å². The monoisotopic (exact) mass is 900 g/mol. The summed E-state index contributed by atoms with van der Waals surface area (Å²) in [6.45, 7) is 8.52. The summed E-state index contributed by atoms with van der Waals surface area (Å²) in [5.41, 5.74) is 2.21. The number of likely N-dealkylation sites (N-methyl/N-ethyl adjacent to an activating group) is 5. The first-order valence-electron chi connectivity index (χ1n) is 20.4. The second kappa shape index (κ2) is 41.0. The molecule has 0 amide bonds. The molecule has 0 fully saturated rings. The number of nitrogens with one attached hydrogen (secondary N) is 5. The molecule has 0 saturated heterocycles. The van der Waals surface area contributed by atoms with Gasteiger partial charge in [0.15, 0.2) is 0 Å². The van der Waals surface area contributed by atoms with Gasteiger partial charge in [-0.1, -0.05) is 81.4 Å². The third kappa shape index (κ3) is 37.2. The molecule has 0 aromatic heterocycles. The highest BCUT2D eigenvalue weighted by Gasteiger charge is 2.18. The normalized spacial score (nSPS) is 12.7. The molecule has 11 N–H and O–H groups in total. The highest BCUT2D eigenvalue weighted by Crippen LogP contribution is 2.05. The van der Waals surface area contributed by atoms with Crippen LogP contribution >= 0.6 is 0 Å². The van der Waals surface area contributed by atoms with Crippen LogP contribution in [-0.4, -0.2) is 165 Å². The molecule has 2 aromatic carbocycles. The lowest BCUT2D eigenvalue weighted by molar-refractivity contribution is -0.145. The first kappa shape index (κ1) is 62.2. The Morgan fingerprint density at radius 2 is 0.857 bits per heavy atom. The molecule has 2 aromatic rings. The fourth-order valence-electron chi connectivity index (χ4n) is 4.40. The van der Waals surface area contributed by atoms with E-state index in [1.165, 1.54) is 12.6 Å². The molecular formula is C43H73N5O15. The van der Waals surface area contributed by atoms with Gasteiger partial charge in [-0.25, -0.2) is 0 Å². The summed E-state index contributed by atoms with van der Waals surface area (Å²) in [5, 5.41) is 64.2. The van der Waals surface area contributed by atoms with Crippen LogP contribution in [0.25, 0.3) is 0 Å². The number of carboxylic acids is 6. The Morgan fingerprint density at radius 3 is 1.17 bits per heavy atom. The van der Waals surface area contributed by atoms with E-state index in [0.717, 1.165) is 24.8 Å². The van der Waals surface area contributed by atoms with E-state index < -0.39 is 72.4 Å². The highest BCUT2D eigenvalue weighted by atomic mass is 16.5. The summed E-state index contributed by atoms with van der Waals surface area (Å²) in [7, 11) is 7.90. The lowest BCUT2D eigenvalue weighted by atomic mass is 10.1. The van der Waals surface area contributed by atoms with Gasteiger partial charge in [-0.3, -0.25) is 28.8 Å². The van der Waals surface area contributed by atoms with Gasteiger partial charge in [-0.2, -0.15) is 0 Å². The second-order valence-corrected chi connectivity index (χ2v) is 13.9. The van der Waals surface area contributed by atoms with Crippen molar-refractivity contribution in [3.63, 3.8) is 0 Å². The van der Waals surface area contributed by atoms with E-state index in [4.69, 9.17) is 44.8 Å². The van der Waals surface area contributed by atoms with Crippen molar-refractivity contribution in [1.82, 2.24) is 26.6 Å². The van der Waals surface area contributed by atoms with Crippen molar-refractivity contribution in [3.05, 3.63) is 71.8 Å². The van der Waals surface area contributed by atoms with E-state index in [9.17, 15) is 28.8 Å². The number of rotatable bonds is 28. The van der Waals surface area contributed by atoms with E-state index in [0.29, 0.717) is 32.2 Å². The van der Waals surface area contributed by atoms with Crippen LogP contribution in [-0.2, 0) is 56.0 Å². The average Bonchev–Trinajstić information content (AvgIpc) is 3.24. The lowest BCUT2D eigenvalue weighted by Crippen LogP contribution is -2.38. The molecule has 5 unspecified atom stereocenters. The minimum absolute atomic E-state index is 0.167. The van der Waals surface area contributed by atoms with Crippen molar-refractivity contribution >= 4 is 35.8 Å². The summed E-state index contributed by atoms with van der Waals surface area (Å²) in [5.74, 6) is -5.10. The number of benzene rings is 2. The van der Waals surface area contributed by atoms with Crippen LogP contribution in [0.15, 0.2) is 60.7 Å². The molecule has 0 aliphatic heterocycles. The Kier molecular flexibility index (Phi) is 40.5. The summed E-state index contributed by atoms with van der Waals surface area (Å²) < 4.78 is 15.6. The van der Waals surface area contributed by atoms with Gasteiger partial charge in [-0.05, 0) is 78.0 Å². The number of ether oxygens (including phenoxy) is 3. The average molecular weight is 900 g/mol. The zero-order chi connectivity index (χ0) is 48.6. The Hall–Kier alpha value is -5.06. The summed E-state index contributed by atoms with van der Waals surface area (Å²) in [4.78, 5) is 62.3. The number of aliphatic carboxylic acids is 6. The molecule has 20 heteroatoms. The van der Waals surface area contributed by atoms with Crippen molar-refractivity contribution in [3.8, 4) is 0 Å². The molecule has 0 aliphatic carbocycles. The predicted molar refractivity (Wildman–Crippen MR) is 237 cm³/mol. The maximum Gasteiger partial charge on any atom is 0.323 e. The third-order valence-corrected chi connectivity index (χ3v) is 8.33. The Morgan fingerprint density at radius 1 is 0.492 bits per heavy atom. The quantitative estimate of drug-likeness (QED) is 0.0545. The molecule has 0 heterocycles. The van der Waals surface area contributed by atoms with Crippen molar-refractivity contribution in [2.45, 2.75) is 89.7 Å². The van der Waals surface area contributed by atoms with E-state index in [-0.39, 0.29) is 19.8 Å². The topological polar surface area (TPSA) is 312 Å². The Labute approximate surface area is 371 Å². The van der Waals surface area contributed by atoms with E-state index in [1.54, 1.807) is 28.2 Å². The van der Waals surface area contributed by atoms with Crippen LogP contribution in [0.3, 0.4) is 0 Å². The van der Waals surface area contributed by atoms with Crippen LogP contribution in [0.5, 0.6) is 0 Å². The van der Waals surface area contributed by atoms with Gasteiger partial charge in [0.2, 0.25) is 0 Å². The van der Waals surface area contributed by atoms with Gasteiger partial charge in [0.1, 0.15) is 30.2 Å². The molecule has 0 spiro atoms. The fourth-order valence-corrected chi connectivity index (χ4v) is 4.40. The van der Waals surface area contributed by atoms with Crippen molar-refractivity contribution in [2.24, 2.45) is 5.92 Å². The SMILES string of the molecule is CCCOCC(NC)C(=O)O.CNC(CC(=O)O)C(=O)O.CNC(CCc1ccccc1)C(=O)O.CNC(COCCC(C)C)C(=O)O.CNC(COCc1ccccc1)C(=O)O. The molecule has 63 heavy (non-hydrogen) atoms. The van der Waals surface area contributed by atoms with Gasteiger partial charge < -0.3 is 71.4 Å².